The van der Waals surface area contributed by atoms with Gasteiger partial charge < -0.3 is 4.74 Å². The second-order valence-corrected chi connectivity index (χ2v) is 4.28. The van der Waals surface area contributed by atoms with Crippen molar-refractivity contribution in [3.05, 3.63) is 30.3 Å². The fraction of sp³-hybridized carbons (Fsp3) is 0.333. The van der Waals surface area contributed by atoms with Gasteiger partial charge in [-0.2, -0.15) is 0 Å². The number of hydrogen-bond acceptors (Lipinski definition) is 4. The molecule has 0 aliphatic carbocycles. The van der Waals surface area contributed by atoms with E-state index in [2.05, 4.69) is 10.3 Å². The van der Waals surface area contributed by atoms with E-state index in [1.807, 2.05) is 37.3 Å². The minimum atomic E-state index is -0.469. The van der Waals surface area contributed by atoms with Gasteiger partial charge in [0.2, 0.25) is 0 Å². The van der Waals surface area contributed by atoms with E-state index in [4.69, 9.17) is 4.74 Å². The SMILES string of the molecule is CCOC(=O)NC(=Nc1ccccc1)SCC. The Kier molecular flexibility index (Phi) is 6.17. The lowest BCUT2D eigenvalue weighted by Gasteiger charge is -2.07. The third-order valence-corrected chi connectivity index (χ3v) is 2.51. The number of amides is 1. The van der Waals surface area contributed by atoms with Crippen LogP contribution in [0, 0.1) is 0 Å². The van der Waals surface area contributed by atoms with E-state index in [0.717, 1.165) is 11.4 Å². The molecule has 1 N–H and O–H groups in total. The van der Waals surface area contributed by atoms with E-state index in [0.29, 0.717) is 11.8 Å². The molecule has 0 atom stereocenters. The number of alkyl carbamates (subject to hydrolysis) is 1. The molecule has 1 amide bonds. The highest BCUT2D eigenvalue weighted by Crippen LogP contribution is 2.13. The predicted octanol–water partition coefficient (Wildman–Crippen LogP) is 3.17. The number of ether oxygens (including phenoxy) is 1. The lowest BCUT2D eigenvalue weighted by molar-refractivity contribution is 0.158. The first kappa shape index (κ1) is 13.6. The van der Waals surface area contributed by atoms with Crippen molar-refractivity contribution in [2.75, 3.05) is 12.4 Å². The third kappa shape index (κ3) is 5.40. The molecule has 0 aliphatic rings. The van der Waals surface area contributed by atoms with Gasteiger partial charge >= 0.3 is 6.09 Å². The maximum absolute atomic E-state index is 11.3. The number of thioether (sulfide) groups is 1. The number of benzene rings is 1. The van der Waals surface area contributed by atoms with Crippen molar-refractivity contribution in [2.45, 2.75) is 13.8 Å². The smallest absolute Gasteiger partial charge is 0.413 e. The summed E-state index contributed by atoms with van der Waals surface area (Å²) in [4.78, 5) is 15.6. The Hall–Kier alpha value is -1.49. The molecule has 0 aliphatic heterocycles. The van der Waals surface area contributed by atoms with Crippen LogP contribution in [0.2, 0.25) is 0 Å². The monoisotopic (exact) mass is 252 g/mol. The van der Waals surface area contributed by atoms with Crippen molar-refractivity contribution in [3.63, 3.8) is 0 Å². The number of nitrogens with zero attached hydrogens (tertiary/aromatic N) is 1. The van der Waals surface area contributed by atoms with Crippen LogP contribution in [0.4, 0.5) is 10.5 Å². The van der Waals surface area contributed by atoms with Gasteiger partial charge in [-0.15, -0.1) is 0 Å². The van der Waals surface area contributed by atoms with Gasteiger partial charge in [0.05, 0.1) is 12.3 Å². The average molecular weight is 252 g/mol. The zero-order valence-electron chi connectivity index (χ0n) is 9.97. The zero-order valence-corrected chi connectivity index (χ0v) is 10.8. The van der Waals surface area contributed by atoms with E-state index in [1.54, 1.807) is 6.92 Å². The second kappa shape index (κ2) is 7.73. The molecule has 1 aromatic carbocycles. The molecule has 0 radical (unpaired) electrons. The van der Waals surface area contributed by atoms with Crippen molar-refractivity contribution >= 4 is 28.7 Å². The van der Waals surface area contributed by atoms with Gasteiger partial charge in [-0.05, 0) is 24.8 Å². The topological polar surface area (TPSA) is 50.7 Å². The Balaban J connectivity index is 2.71. The van der Waals surface area contributed by atoms with Gasteiger partial charge in [-0.25, -0.2) is 9.79 Å². The molecule has 0 aromatic heterocycles. The maximum atomic E-state index is 11.3. The highest BCUT2D eigenvalue weighted by molar-refractivity contribution is 8.13. The molecule has 0 spiro atoms. The van der Waals surface area contributed by atoms with Gasteiger partial charge in [0.25, 0.3) is 0 Å². The second-order valence-electron chi connectivity index (χ2n) is 3.03. The molecule has 17 heavy (non-hydrogen) atoms. The molecule has 0 unspecified atom stereocenters. The van der Waals surface area contributed by atoms with Crippen molar-refractivity contribution in [2.24, 2.45) is 4.99 Å². The number of amidine groups is 1. The summed E-state index contributed by atoms with van der Waals surface area (Å²) in [6.45, 7) is 4.11. The molecule has 0 bridgehead atoms. The number of aliphatic imine (C=N–C) groups is 1. The molecule has 1 aromatic rings. The minimum Gasteiger partial charge on any atom is -0.450 e. The molecular weight excluding hydrogens is 236 g/mol. The first-order chi connectivity index (χ1) is 8.26. The fourth-order valence-electron chi connectivity index (χ4n) is 1.11. The Morgan fingerprint density at radius 1 is 1.35 bits per heavy atom. The highest BCUT2D eigenvalue weighted by atomic mass is 32.2. The van der Waals surface area contributed by atoms with Crippen molar-refractivity contribution in [3.8, 4) is 0 Å². The number of para-hydroxylation sites is 1. The van der Waals surface area contributed by atoms with E-state index in [-0.39, 0.29) is 0 Å². The fourth-order valence-corrected chi connectivity index (χ4v) is 1.71. The van der Waals surface area contributed by atoms with Crippen LogP contribution in [0.25, 0.3) is 0 Å². The number of nitrogens with one attached hydrogen (secondary N) is 1. The number of rotatable bonds is 3. The summed E-state index contributed by atoms with van der Waals surface area (Å²) in [6.07, 6.45) is -0.469. The molecule has 1 rings (SSSR count). The molecule has 0 heterocycles. The standard InChI is InChI=1S/C12H16N2O2S/c1-3-16-12(15)14-11(17-4-2)13-10-8-6-5-7-9-10/h5-9H,3-4H2,1-2H3,(H,13,14,15). The van der Waals surface area contributed by atoms with E-state index < -0.39 is 6.09 Å². The van der Waals surface area contributed by atoms with E-state index in [9.17, 15) is 4.79 Å². The van der Waals surface area contributed by atoms with Crippen LogP contribution in [0.5, 0.6) is 0 Å². The first-order valence-electron chi connectivity index (χ1n) is 5.46. The van der Waals surface area contributed by atoms with Crippen LogP contribution in [-0.4, -0.2) is 23.6 Å². The van der Waals surface area contributed by atoms with Gasteiger partial charge in [-0.3, -0.25) is 5.32 Å². The van der Waals surface area contributed by atoms with Gasteiger partial charge in [0.15, 0.2) is 5.17 Å². The first-order valence-corrected chi connectivity index (χ1v) is 6.45. The maximum Gasteiger partial charge on any atom is 0.413 e. The molecule has 0 saturated heterocycles. The summed E-state index contributed by atoms with van der Waals surface area (Å²) in [5, 5.41) is 3.17. The van der Waals surface area contributed by atoms with Gasteiger partial charge in [0, 0.05) is 0 Å². The van der Waals surface area contributed by atoms with Gasteiger partial charge in [0.1, 0.15) is 0 Å². The van der Waals surface area contributed by atoms with Crippen molar-refractivity contribution < 1.29 is 9.53 Å². The molecule has 0 fully saturated rings. The van der Waals surface area contributed by atoms with Crippen LogP contribution < -0.4 is 5.32 Å². The van der Waals surface area contributed by atoms with E-state index >= 15 is 0 Å². The van der Waals surface area contributed by atoms with Crippen LogP contribution in [0.3, 0.4) is 0 Å². The molecule has 0 saturated carbocycles. The van der Waals surface area contributed by atoms with Crippen molar-refractivity contribution in [1.29, 1.82) is 0 Å². The highest BCUT2D eigenvalue weighted by Gasteiger charge is 2.06. The number of carbonyl (C=O) groups is 1. The summed E-state index contributed by atoms with van der Waals surface area (Å²) in [6, 6.07) is 9.48. The summed E-state index contributed by atoms with van der Waals surface area (Å²) in [5.41, 5.74) is 0.806. The zero-order chi connectivity index (χ0) is 12.5. The molecule has 92 valence electrons. The van der Waals surface area contributed by atoms with E-state index in [1.165, 1.54) is 11.8 Å². The lowest BCUT2D eigenvalue weighted by atomic mass is 10.3. The Morgan fingerprint density at radius 3 is 2.65 bits per heavy atom. The minimum absolute atomic E-state index is 0.348. The quantitative estimate of drug-likeness (QED) is 0.664. The van der Waals surface area contributed by atoms with Crippen molar-refractivity contribution in [1.82, 2.24) is 5.32 Å². The normalized spacial score (nSPS) is 11.1. The largest absolute Gasteiger partial charge is 0.450 e. The Labute approximate surface area is 105 Å². The summed E-state index contributed by atoms with van der Waals surface area (Å²) in [5.74, 6) is 0.831. The lowest BCUT2D eigenvalue weighted by Crippen LogP contribution is -2.29. The third-order valence-electron chi connectivity index (χ3n) is 1.75. The molecule has 4 nitrogen and oxygen atoms in total. The Morgan fingerprint density at radius 2 is 2.06 bits per heavy atom. The van der Waals surface area contributed by atoms with Crippen LogP contribution in [-0.2, 0) is 4.74 Å². The summed E-state index contributed by atoms with van der Waals surface area (Å²) < 4.78 is 4.81. The van der Waals surface area contributed by atoms with Crippen LogP contribution >= 0.6 is 11.8 Å². The number of hydrogen-bond donors (Lipinski definition) is 1. The predicted molar refractivity (Wildman–Crippen MR) is 71.8 cm³/mol. The molecular formula is C12H16N2O2S. The van der Waals surface area contributed by atoms with Crippen LogP contribution in [0.15, 0.2) is 35.3 Å². The summed E-state index contributed by atoms with van der Waals surface area (Å²) >= 11 is 1.46. The van der Waals surface area contributed by atoms with Gasteiger partial charge in [-0.1, -0.05) is 36.9 Å². The number of carbonyl (C=O) groups excluding carboxylic acids is 1. The van der Waals surface area contributed by atoms with Crippen LogP contribution in [0.1, 0.15) is 13.8 Å². The average Bonchev–Trinajstić information content (AvgIpc) is 2.31. The molecule has 5 heteroatoms. The summed E-state index contributed by atoms with van der Waals surface area (Å²) in [7, 11) is 0. The Bertz CT molecular complexity index is 379.